The Kier molecular flexibility index (Phi) is 6.88. The van der Waals surface area contributed by atoms with Gasteiger partial charge in [0.15, 0.2) is 17.6 Å². The summed E-state index contributed by atoms with van der Waals surface area (Å²) in [6.45, 7) is 6.50. The van der Waals surface area contributed by atoms with Crippen LogP contribution in [0.2, 0.25) is 0 Å². The number of carbonyl (C=O) groups is 1. The maximum absolute atomic E-state index is 12.7. The van der Waals surface area contributed by atoms with Gasteiger partial charge in [0.05, 0.1) is 32.1 Å². The minimum Gasteiger partial charge on any atom is -0.493 e. The molecule has 0 aromatic heterocycles. The Bertz CT molecular complexity index is 1080. The standard InChI is InChI=1S/C23H30N2O6S/c1-23(2,3)16-10-11-18-17(14-16)25(32(5,27)28)15-21(31-18)22(26)24-12-13-30-20-9-7-6-8-19(20)29-4/h6-11,14,21H,12-13,15H2,1-5H3,(H,24,26)/t21-/m0/s1. The van der Waals surface area contributed by atoms with Crippen molar-refractivity contribution in [3.8, 4) is 17.2 Å². The van der Waals surface area contributed by atoms with Crippen LogP contribution >= 0.6 is 0 Å². The van der Waals surface area contributed by atoms with Gasteiger partial charge in [-0.1, -0.05) is 39.0 Å². The second-order valence-electron chi connectivity index (χ2n) is 8.62. The molecule has 174 valence electrons. The highest BCUT2D eigenvalue weighted by Gasteiger charge is 2.35. The number of hydrogen-bond acceptors (Lipinski definition) is 6. The summed E-state index contributed by atoms with van der Waals surface area (Å²) in [5, 5.41) is 2.75. The van der Waals surface area contributed by atoms with E-state index in [2.05, 4.69) is 5.32 Å². The molecular formula is C23H30N2O6S. The molecule has 1 aliphatic heterocycles. The van der Waals surface area contributed by atoms with Gasteiger partial charge in [0, 0.05) is 0 Å². The summed E-state index contributed by atoms with van der Waals surface area (Å²) >= 11 is 0. The minimum atomic E-state index is -3.60. The lowest BCUT2D eigenvalue weighted by Gasteiger charge is -2.35. The summed E-state index contributed by atoms with van der Waals surface area (Å²) in [6, 6.07) is 12.6. The first kappa shape index (κ1) is 23.7. The average Bonchev–Trinajstić information content (AvgIpc) is 2.74. The number of anilines is 1. The largest absolute Gasteiger partial charge is 0.493 e. The highest BCUT2D eigenvalue weighted by molar-refractivity contribution is 7.92. The Labute approximate surface area is 189 Å². The average molecular weight is 463 g/mol. The summed E-state index contributed by atoms with van der Waals surface area (Å²) in [6.07, 6.45) is 0.158. The first-order valence-electron chi connectivity index (χ1n) is 10.3. The fourth-order valence-corrected chi connectivity index (χ4v) is 4.26. The zero-order chi connectivity index (χ0) is 23.5. The van der Waals surface area contributed by atoms with E-state index in [9.17, 15) is 13.2 Å². The van der Waals surface area contributed by atoms with Crippen molar-refractivity contribution in [2.75, 3.05) is 37.4 Å². The molecule has 1 aliphatic rings. The topological polar surface area (TPSA) is 94.2 Å². The van der Waals surface area contributed by atoms with Crippen molar-refractivity contribution in [3.63, 3.8) is 0 Å². The summed E-state index contributed by atoms with van der Waals surface area (Å²) in [7, 11) is -2.05. The molecule has 0 fully saturated rings. The zero-order valence-electron chi connectivity index (χ0n) is 19.0. The van der Waals surface area contributed by atoms with Crippen molar-refractivity contribution < 1.29 is 27.4 Å². The fourth-order valence-electron chi connectivity index (χ4n) is 3.36. The van der Waals surface area contributed by atoms with Crippen molar-refractivity contribution >= 4 is 21.6 Å². The van der Waals surface area contributed by atoms with Crippen molar-refractivity contribution in [1.82, 2.24) is 5.32 Å². The van der Waals surface area contributed by atoms with Crippen LogP contribution in [0.5, 0.6) is 17.2 Å². The van der Waals surface area contributed by atoms with Gasteiger partial charge in [0.25, 0.3) is 5.91 Å². The van der Waals surface area contributed by atoms with Crippen molar-refractivity contribution in [2.24, 2.45) is 0 Å². The Morgan fingerprint density at radius 1 is 1.19 bits per heavy atom. The van der Waals surface area contributed by atoms with E-state index in [1.54, 1.807) is 25.3 Å². The second kappa shape index (κ2) is 9.28. The van der Waals surface area contributed by atoms with Gasteiger partial charge < -0.3 is 19.5 Å². The molecule has 8 nitrogen and oxygen atoms in total. The number of nitrogens with one attached hydrogen (secondary N) is 1. The van der Waals surface area contributed by atoms with Crippen LogP contribution in [0.1, 0.15) is 26.3 Å². The number of amides is 1. The van der Waals surface area contributed by atoms with Crippen LogP contribution in [0.3, 0.4) is 0 Å². The number of ether oxygens (including phenoxy) is 3. The Morgan fingerprint density at radius 2 is 1.88 bits per heavy atom. The van der Waals surface area contributed by atoms with Gasteiger partial charge in [0.1, 0.15) is 12.4 Å². The first-order valence-corrected chi connectivity index (χ1v) is 12.2. The van der Waals surface area contributed by atoms with E-state index in [0.717, 1.165) is 11.8 Å². The SMILES string of the molecule is COc1ccccc1OCCNC(=O)[C@@H]1CN(S(C)(=O)=O)c2cc(C(C)(C)C)ccc2O1. The molecule has 3 rings (SSSR count). The molecule has 0 bridgehead atoms. The highest BCUT2D eigenvalue weighted by atomic mass is 32.2. The smallest absolute Gasteiger partial charge is 0.263 e. The molecule has 0 unspecified atom stereocenters. The number of sulfonamides is 1. The number of nitrogens with zero attached hydrogens (tertiary/aromatic N) is 1. The third kappa shape index (κ3) is 5.45. The maximum atomic E-state index is 12.7. The van der Waals surface area contributed by atoms with E-state index in [4.69, 9.17) is 14.2 Å². The van der Waals surface area contributed by atoms with E-state index in [0.29, 0.717) is 22.9 Å². The lowest BCUT2D eigenvalue weighted by atomic mass is 9.86. The van der Waals surface area contributed by atoms with E-state index >= 15 is 0 Å². The molecular weight excluding hydrogens is 432 g/mol. The Hall–Kier alpha value is -2.94. The number of benzene rings is 2. The van der Waals surface area contributed by atoms with Crippen LogP contribution < -0.4 is 23.8 Å². The van der Waals surface area contributed by atoms with Crippen LogP contribution in [0.15, 0.2) is 42.5 Å². The minimum absolute atomic E-state index is 0.0986. The van der Waals surface area contributed by atoms with Crippen LogP contribution in [0, 0.1) is 0 Å². The maximum Gasteiger partial charge on any atom is 0.263 e. The number of carbonyl (C=O) groups excluding carboxylic acids is 1. The van der Waals surface area contributed by atoms with E-state index in [1.807, 2.05) is 45.0 Å². The summed E-state index contributed by atoms with van der Waals surface area (Å²) in [4.78, 5) is 12.7. The van der Waals surface area contributed by atoms with Gasteiger partial charge in [-0.15, -0.1) is 0 Å². The molecule has 1 heterocycles. The van der Waals surface area contributed by atoms with E-state index in [-0.39, 0.29) is 25.1 Å². The van der Waals surface area contributed by atoms with Crippen LogP contribution in [0.25, 0.3) is 0 Å². The van der Waals surface area contributed by atoms with Crippen molar-refractivity contribution in [1.29, 1.82) is 0 Å². The van der Waals surface area contributed by atoms with Gasteiger partial charge in [0.2, 0.25) is 10.0 Å². The molecule has 2 aromatic rings. The van der Waals surface area contributed by atoms with Gasteiger partial charge in [-0.25, -0.2) is 8.42 Å². The fraction of sp³-hybridized carbons (Fsp3) is 0.435. The molecule has 1 N–H and O–H groups in total. The Morgan fingerprint density at radius 3 is 2.50 bits per heavy atom. The zero-order valence-corrected chi connectivity index (χ0v) is 19.9. The predicted octanol–water partition coefficient (Wildman–Crippen LogP) is 2.71. The molecule has 1 amide bonds. The lowest BCUT2D eigenvalue weighted by molar-refractivity contribution is -0.127. The molecule has 2 aromatic carbocycles. The second-order valence-corrected chi connectivity index (χ2v) is 10.5. The monoisotopic (exact) mass is 462 g/mol. The number of fused-ring (bicyclic) bond motifs is 1. The summed E-state index contributed by atoms with van der Waals surface area (Å²) in [5.41, 5.74) is 1.27. The van der Waals surface area contributed by atoms with Gasteiger partial charge in [-0.05, 0) is 35.2 Å². The van der Waals surface area contributed by atoms with Gasteiger partial charge in [-0.3, -0.25) is 9.10 Å². The van der Waals surface area contributed by atoms with Crippen molar-refractivity contribution in [3.05, 3.63) is 48.0 Å². The molecule has 0 saturated heterocycles. The number of hydrogen-bond donors (Lipinski definition) is 1. The molecule has 0 radical (unpaired) electrons. The summed E-state index contributed by atoms with van der Waals surface area (Å²) in [5.74, 6) is 1.13. The van der Waals surface area contributed by atoms with Gasteiger partial charge >= 0.3 is 0 Å². The third-order valence-electron chi connectivity index (χ3n) is 5.12. The predicted molar refractivity (Wildman–Crippen MR) is 123 cm³/mol. The van der Waals surface area contributed by atoms with Crippen LogP contribution in [-0.2, 0) is 20.2 Å². The van der Waals surface area contributed by atoms with Gasteiger partial charge in [-0.2, -0.15) is 0 Å². The summed E-state index contributed by atoms with van der Waals surface area (Å²) < 4.78 is 42.9. The van der Waals surface area contributed by atoms with Crippen LogP contribution in [-0.4, -0.2) is 53.5 Å². The first-order chi connectivity index (χ1) is 15.0. The number of methoxy groups -OCH3 is 1. The number of rotatable bonds is 7. The molecule has 32 heavy (non-hydrogen) atoms. The molecule has 0 saturated carbocycles. The van der Waals surface area contributed by atoms with E-state index < -0.39 is 22.0 Å². The molecule has 9 heteroatoms. The molecule has 1 atom stereocenters. The molecule has 0 aliphatic carbocycles. The number of para-hydroxylation sites is 2. The van der Waals surface area contributed by atoms with Crippen LogP contribution in [0.4, 0.5) is 5.69 Å². The molecule has 0 spiro atoms. The highest BCUT2D eigenvalue weighted by Crippen LogP contribution is 2.38. The van der Waals surface area contributed by atoms with Crippen molar-refractivity contribution in [2.45, 2.75) is 32.3 Å². The quantitative estimate of drug-likeness (QED) is 0.636. The lowest BCUT2D eigenvalue weighted by Crippen LogP contribution is -2.51. The normalized spacial score (nSPS) is 16.0. The Balaban J connectivity index is 1.68. The third-order valence-corrected chi connectivity index (χ3v) is 6.26. The van der Waals surface area contributed by atoms with E-state index in [1.165, 1.54) is 4.31 Å².